The molecule has 146 valence electrons. The molecule has 1 amide bonds. The van der Waals surface area contributed by atoms with Gasteiger partial charge in [0.15, 0.2) is 5.65 Å². The quantitative estimate of drug-likeness (QED) is 0.691. The van der Waals surface area contributed by atoms with E-state index in [0.29, 0.717) is 5.69 Å². The number of pyridine rings is 1. The number of primary amides is 1. The molecule has 0 aromatic carbocycles. The lowest BCUT2D eigenvalue weighted by atomic mass is 10.1. The molecular formula is C19H23N7O2. The molecule has 0 saturated carbocycles. The summed E-state index contributed by atoms with van der Waals surface area (Å²) in [5.74, 6) is 0.362. The number of nitrogens with zero attached hydrogens (tertiary/aromatic N) is 5. The Bertz CT molecular complexity index is 1050. The first-order chi connectivity index (χ1) is 13.5. The van der Waals surface area contributed by atoms with E-state index < -0.39 is 5.91 Å². The summed E-state index contributed by atoms with van der Waals surface area (Å²) in [6.07, 6.45) is 3.85. The Kier molecular flexibility index (Phi) is 4.60. The van der Waals surface area contributed by atoms with Crippen LogP contribution in [0, 0.1) is 13.8 Å². The predicted octanol–water partition coefficient (Wildman–Crippen LogP) is 0.925. The minimum Gasteiger partial charge on any atom is -0.480 e. The van der Waals surface area contributed by atoms with Crippen LogP contribution in [-0.4, -0.2) is 58.5 Å². The maximum atomic E-state index is 12.0. The summed E-state index contributed by atoms with van der Waals surface area (Å²) in [6, 6.07) is 1.73. The second-order valence-corrected chi connectivity index (χ2v) is 6.84. The van der Waals surface area contributed by atoms with Crippen molar-refractivity contribution in [3.63, 3.8) is 0 Å². The summed E-state index contributed by atoms with van der Waals surface area (Å²) >= 11 is 0. The third-order valence-electron chi connectivity index (χ3n) is 4.84. The second-order valence-electron chi connectivity index (χ2n) is 6.84. The highest BCUT2D eigenvalue weighted by Crippen LogP contribution is 2.33. The third-order valence-corrected chi connectivity index (χ3v) is 4.84. The minimum atomic E-state index is -0.589. The predicted molar refractivity (Wildman–Crippen MR) is 106 cm³/mol. The molecule has 9 heteroatoms. The number of rotatable bonds is 4. The lowest BCUT2D eigenvalue weighted by molar-refractivity contribution is 0.0996. The number of amides is 1. The number of nitrogens with two attached hydrogens (primary N) is 1. The molecule has 1 saturated heterocycles. The number of aryl methyl sites for hydroxylation is 2. The Balaban J connectivity index is 1.95. The number of nitrogens with one attached hydrogen (secondary N) is 1. The van der Waals surface area contributed by atoms with Gasteiger partial charge in [0.2, 0.25) is 5.88 Å². The maximum absolute atomic E-state index is 12.0. The number of methoxy groups -OCH3 is 1. The molecule has 0 aliphatic carbocycles. The molecule has 4 rings (SSSR count). The number of aromatic nitrogens is 4. The van der Waals surface area contributed by atoms with Crippen LogP contribution in [-0.2, 0) is 0 Å². The summed E-state index contributed by atoms with van der Waals surface area (Å²) in [7, 11) is 1.48. The lowest BCUT2D eigenvalue weighted by Gasteiger charge is -2.30. The van der Waals surface area contributed by atoms with Crippen LogP contribution in [0.4, 0.5) is 5.82 Å². The van der Waals surface area contributed by atoms with E-state index >= 15 is 0 Å². The molecule has 0 spiro atoms. The number of carbonyl (C=O) groups excluding carboxylic acids is 1. The van der Waals surface area contributed by atoms with Crippen molar-refractivity contribution in [3.05, 3.63) is 35.4 Å². The van der Waals surface area contributed by atoms with Crippen LogP contribution in [0.2, 0.25) is 0 Å². The Morgan fingerprint density at radius 3 is 2.61 bits per heavy atom. The van der Waals surface area contributed by atoms with Crippen molar-refractivity contribution < 1.29 is 9.53 Å². The van der Waals surface area contributed by atoms with Gasteiger partial charge in [-0.1, -0.05) is 0 Å². The van der Waals surface area contributed by atoms with E-state index in [1.807, 2.05) is 30.6 Å². The van der Waals surface area contributed by atoms with Gasteiger partial charge >= 0.3 is 0 Å². The number of anilines is 1. The normalized spacial score (nSPS) is 14.5. The van der Waals surface area contributed by atoms with E-state index in [1.165, 1.54) is 7.11 Å². The van der Waals surface area contributed by atoms with E-state index in [-0.39, 0.29) is 11.4 Å². The molecule has 0 unspecified atom stereocenters. The van der Waals surface area contributed by atoms with E-state index in [4.69, 9.17) is 15.5 Å². The molecule has 1 fully saturated rings. The Labute approximate surface area is 162 Å². The summed E-state index contributed by atoms with van der Waals surface area (Å²) < 4.78 is 7.28. The molecule has 28 heavy (non-hydrogen) atoms. The first-order valence-electron chi connectivity index (χ1n) is 9.15. The summed E-state index contributed by atoms with van der Waals surface area (Å²) in [6.45, 7) is 7.16. The van der Waals surface area contributed by atoms with Crippen LogP contribution in [0.15, 0.2) is 18.5 Å². The third kappa shape index (κ3) is 3.13. The number of piperazine rings is 1. The molecule has 1 aliphatic rings. The number of imidazole rings is 1. The molecule has 3 N–H and O–H groups in total. The monoisotopic (exact) mass is 381 g/mol. The number of ether oxygens (including phenoxy) is 1. The van der Waals surface area contributed by atoms with Gasteiger partial charge in [-0.25, -0.2) is 9.97 Å². The summed E-state index contributed by atoms with van der Waals surface area (Å²) in [5, 5.41) is 3.34. The van der Waals surface area contributed by atoms with Gasteiger partial charge in [0.05, 0.1) is 24.2 Å². The van der Waals surface area contributed by atoms with Crippen LogP contribution in [0.1, 0.15) is 21.7 Å². The van der Waals surface area contributed by atoms with Crippen LogP contribution >= 0.6 is 0 Å². The van der Waals surface area contributed by atoms with Crippen molar-refractivity contribution in [2.45, 2.75) is 13.8 Å². The van der Waals surface area contributed by atoms with Gasteiger partial charge in [-0.05, 0) is 19.9 Å². The van der Waals surface area contributed by atoms with Crippen LogP contribution in [0.25, 0.3) is 16.9 Å². The average molecular weight is 381 g/mol. The van der Waals surface area contributed by atoms with Gasteiger partial charge in [0, 0.05) is 44.1 Å². The number of hydrogen-bond donors (Lipinski definition) is 2. The largest absolute Gasteiger partial charge is 0.480 e. The van der Waals surface area contributed by atoms with Crippen molar-refractivity contribution in [2.24, 2.45) is 5.73 Å². The summed E-state index contributed by atoms with van der Waals surface area (Å²) in [4.78, 5) is 28.0. The van der Waals surface area contributed by atoms with Gasteiger partial charge < -0.3 is 25.1 Å². The number of hydrogen-bond acceptors (Lipinski definition) is 7. The van der Waals surface area contributed by atoms with Crippen molar-refractivity contribution in [1.29, 1.82) is 0 Å². The molecule has 0 bridgehead atoms. The Morgan fingerprint density at radius 2 is 1.93 bits per heavy atom. The standard InChI is InChI=1S/C19H23N7O2/c1-11-9-26-10-15(23-12(2)17(26)22-11)13-8-14(16(20)27)19(28-3)24-18(13)25-6-4-21-5-7-25/h8-10,21H,4-7H2,1-3H3,(H2,20,27). The van der Waals surface area contributed by atoms with Crippen molar-refractivity contribution in [2.75, 3.05) is 38.2 Å². The zero-order chi connectivity index (χ0) is 19.8. The molecule has 1 aliphatic heterocycles. The molecule has 9 nitrogen and oxygen atoms in total. The Morgan fingerprint density at radius 1 is 1.18 bits per heavy atom. The first kappa shape index (κ1) is 18.2. The first-order valence-corrected chi connectivity index (χ1v) is 9.15. The fourth-order valence-electron chi connectivity index (χ4n) is 3.53. The molecular weight excluding hydrogens is 358 g/mol. The molecule has 3 aromatic rings. The average Bonchev–Trinajstić information content (AvgIpc) is 3.08. The van der Waals surface area contributed by atoms with Gasteiger partial charge in [-0.2, -0.15) is 4.98 Å². The topological polar surface area (TPSA) is 111 Å². The summed E-state index contributed by atoms with van der Waals surface area (Å²) in [5.41, 5.74) is 9.77. The second kappa shape index (κ2) is 7.08. The molecule has 0 radical (unpaired) electrons. The lowest BCUT2D eigenvalue weighted by Crippen LogP contribution is -2.44. The van der Waals surface area contributed by atoms with E-state index in [1.54, 1.807) is 6.07 Å². The highest BCUT2D eigenvalue weighted by atomic mass is 16.5. The van der Waals surface area contributed by atoms with E-state index in [2.05, 4.69) is 20.2 Å². The van der Waals surface area contributed by atoms with Gasteiger partial charge in [-0.3, -0.25) is 4.79 Å². The van der Waals surface area contributed by atoms with Gasteiger partial charge in [-0.15, -0.1) is 0 Å². The zero-order valence-corrected chi connectivity index (χ0v) is 16.2. The van der Waals surface area contributed by atoms with Crippen LogP contribution in [0.3, 0.4) is 0 Å². The van der Waals surface area contributed by atoms with Crippen LogP contribution < -0.4 is 20.7 Å². The zero-order valence-electron chi connectivity index (χ0n) is 16.2. The fourth-order valence-corrected chi connectivity index (χ4v) is 3.53. The smallest absolute Gasteiger partial charge is 0.254 e. The van der Waals surface area contributed by atoms with Crippen molar-refractivity contribution in [3.8, 4) is 17.1 Å². The van der Waals surface area contributed by atoms with Crippen molar-refractivity contribution in [1.82, 2.24) is 24.7 Å². The SMILES string of the molecule is COc1nc(N2CCNCC2)c(-c2cn3cc(C)nc3c(C)n2)cc1C(N)=O. The molecule has 3 aromatic heterocycles. The minimum absolute atomic E-state index is 0.223. The maximum Gasteiger partial charge on any atom is 0.254 e. The highest BCUT2D eigenvalue weighted by Gasteiger charge is 2.23. The van der Waals surface area contributed by atoms with Gasteiger partial charge in [0.1, 0.15) is 11.4 Å². The van der Waals surface area contributed by atoms with E-state index in [9.17, 15) is 4.79 Å². The number of carbonyl (C=O) groups is 1. The van der Waals surface area contributed by atoms with Crippen molar-refractivity contribution >= 4 is 17.4 Å². The Hall–Kier alpha value is -3.20. The molecule has 0 atom stereocenters. The fraction of sp³-hybridized carbons (Fsp3) is 0.368. The van der Waals surface area contributed by atoms with Gasteiger partial charge in [0.25, 0.3) is 5.91 Å². The number of fused-ring (bicyclic) bond motifs is 1. The molecule has 4 heterocycles. The van der Waals surface area contributed by atoms with E-state index in [0.717, 1.165) is 54.6 Å². The highest BCUT2D eigenvalue weighted by molar-refractivity contribution is 5.97. The van der Waals surface area contributed by atoms with Crippen LogP contribution in [0.5, 0.6) is 5.88 Å².